The van der Waals surface area contributed by atoms with Crippen molar-refractivity contribution in [2.45, 2.75) is 32.1 Å². The molecule has 0 spiro atoms. The molecule has 0 bridgehead atoms. The molecule has 0 aromatic heterocycles. The van der Waals surface area contributed by atoms with Crippen molar-refractivity contribution in [2.24, 2.45) is 0 Å². The SMILES string of the molecule is CC[C@H](CNC(=O)c1cccc(N2C(=O)CCC2=O)c1)c1ccccc1. The average Bonchev–Trinajstić information content (AvgIpc) is 3.01. The zero-order chi connectivity index (χ0) is 18.5. The normalized spacial score (nSPS) is 15.2. The van der Waals surface area contributed by atoms with Gasteiger partial charge < -0.3 is 5.32 Å². The van der Waals surface area contributed by atoms with Gasteiger partial charge in [0.1, 0.15) is 0 Å². The molecule has 5 heteroatoms. The van der Waals surface area contributed by atoms with E-state index in [0.717, 1.165) is 11.3 Å². The van der Waals surface area contributed by atoms with Crippen LogP contribution in [0.15, 0.2) is 54.6 Å². The van der Waals surface area contributed by atoms with Crippen molar-refractivity contribution in [1.82, 2.24) is 5.32 Å². The third-order valence-corrected chi connectivity index (χ3v) is 4.69. The fraction of sp³-hybridized carbons (Fsp3) is 0.286. The Hall–Kier alpha value is -2.95. The molecule has 0 aliphatic carbocycles. The lowest BCUT2D eigenvalue weighted by atomic mass is 9.96. The van der Waals surface area contributed by atoms with Crippen LogP contribution < -0.4 is 10.2 Å². The van der Waals surface area contributed by atoms with Crippen LogP contribution in [-0.2, 0) is 9.59 Å². The average molecular weight is 350 g/mol. The van der Waals surface area contributed by atoms with Crippen LogP contribution in [0.4, 0.5) is 5.69 Å². The Labute approximate surface area is 153 Å². The molecule has 1 atom stereocenters. The van der Waals surface area contributed by atoms with Gasteiger partial charge in [-0.2, -0.15) is 0 Å². The maximum Gasteiger partial charge on any atom is 0.251 e. The molecule has 0 radical (unpaired) electrons. The van der Waals surface area contributed by atoms with Gasteiger partial charge in [0.25, 0.3) is 5.91 Å². The smallest absolute Gasteiger partial charge is 0.251 e. The lowest BCUT2D eigenvalue weighted by Gasteiger charge is -2.17. The maximum atomic E-state index is 12.5. The van der Waals surface area contributed by atoms with E-state index in [2.05, 4.69) is 24.4 Å². The summed E-state index contributed by atoms with van der Waals surface area (Å²) in [7, 11) is 0. The molecule has 1 aliphatic rings. The molecular formula is C21H22N2O3. The van der Waals surface area contributed by atoms with Crippen molar-refractivity contribution in [1.29, 1.82) is 0 Å². The molecule has 3 amide bonds. The number of hydrogen-bond acceptors (Lipinski definition) is 3. The van der Waals surface area contributed by atoms with Crippen LogP contribution in [0.25, 0.3) is 0 Å². The summed E-state index contributed by atoms with van der Waals surface area (Å²) in [5, 5.41) is 2.96. The van der Waals surface area contributed by atoms with E-state index in [9.17, 15) is 14.4 Å². The van der Waals surface area contributed by atoms with Gasteiger partial charge in [-0.3, -0.25) is 19.3 Å². The maximum absolute atomic E-state index is 12.5. The molecule has 1 N–H and O–H groups in total. The van der Waals surface area contributed by atoms with Gasteiger partial charge in [0.2, 0.25) is 11.8 Å². The third-order valence-electron chi connectivity index (χ3n) is 4.69. The first-order valence-corrected chi connectivity index (χ1v) is 8.89. The second-order valence-electron chi connectivity index (χ2n) is 6.40. The number of rotatable bonds is 6. The summed E-state index contributed by atoms with van der Waals surface area (Å²) >= 11 is 0. The number of benzene rings is 2. The molecule has 3 rings (SSSR count). The van der Waals surface area contributed by atoms with Crippen molar-refractivity contribution in [3.63, 3.8) is 0 Å². The molecule has 134 valence electrons. The standard InChI is InChI=1S/C21H22N2O3/c1-2-15(16-7-4-3-5-8-16)14-22-21(26)17-9-6-10-18(13-17)23-19(24)11-12-20(23)25/h3-10,13,15H,2,11-12,14H2,1H3,(H,22,26)/t15-/m1/s1. The van der Waals surface area contributed by atoms with E-state index in [1.54, 1.807) is 24.3 Å². The number of amides is 3. The molecule has 1 heterocycles. The van der Waals surface area contributed by atoms with E-state index >= 15 is 0 Å². The molecule has 0 saturated carbocycles. The molecule has 26 heavy (non-hydrogen) atoms. The lowest BCUT2D eigenvalue weighted by molar-refractivity contribution is -0.121. The van der Waals surface area contributed by atoms with Gasteiger partial charge >= 0.3 is 0 Å². The van der Waals surface area contributed by atoms with Crippen molar-refractivity contribution in [3.05, 3.63) is 65.7 Å². The number of nitrogens with zero attached hydrogens (tertiary/aromatic N) is 1. The molecule has 5 nitrogen and oxygen atoms in total. The zero-order valence-corrected chi connectivity index (χ0v) is 14.8. The third kappa shape index (κ3) is 3.82. The van der Waals surface area contributed by atoms with Crippen LogP contribution in [0, 0.1) is 0 Å². The van der Waals surface area contributed by atoms with Crippen LogP contribution >= 0.6 is 0 Å². The number of hydrogen-bond donors (Lipinski definition) is 1. The first kappa shape index (κ1) is 17.9. The van der Waals surface area contributed by atoms with Crippen molar-refractivity contribution in [2.75, 3.05) is 11.4 Å². The molecular weight excluding hydrogens is 328 g/mol. The highest BCUT2D eigenvalue weighted by molar-refractivity contribution is 6.20. The predicted octanol–water partition coefficient (Wildman–Crippen LogP) is 3.26. The van der Waals surface area contributed by atoms with Gasteiger partial charge in [0.05, 0.1) is 5.69 Å². The Balaban J connectivity index is 1.69. The fourth-order valence-corrected chi connectivity index (χ4v) is 3.19. The number of carbonyl (C=O) groups excluding carboxylic acids is 3. The molecule has 0 unspecified atom stereocenters. The lowest BCUT2D eigenvalue weighted by Crippen LogP contribution is -2.30. The summed E-state index contributed by atoms with van der Waals surface area (Å²) in [5.74, 6) is -0.407. The van der Waals surface area contributed by atoms with E-state index in [-0.39, 0.29) is 36.5 Å². The Morgan fingerprint density at radius 3 is 2.38 bits per heavy atom. The predicted molar refractivity (Wildman–Crippen MR) is 100.0 cm³/mol. The van der Waals surface area contributed by atoms with Gasteiger partial charge in [-0.05, 0) is 30.2 Å². The van der Waals surface area contributed by atoms with E-state index in [4.69, 9.17) is 0 Å². The summed E-state index contributed by atoms with van der Waals surface area (Å²) < 4.78 is 0. The van der Waals surface area contributed by atoms with Crippen LogP contribution in [0.1, 0.15) is 48.0 Å². The van der Waals surface area contributed by atoms with Crippen LogP contribution in [0.3, 0.4) is 0 Å². The highest BCUT2D eigenvalue weighted by Crippen LogP contribution is 2.23. The summed E-state index contributed by atoms with van der Waals surface area (Å²) in [6, 6.07) is 16.7. The van der Waals surface area contributed by atoms with Gasteiger partial charge in [0.15, 0.2) is 0 Å². The second-order valence-corrected chi connectivity index (χ2v) is 6.40. The van der Waals surface area contributed by atoms with E-state index in [1.807, 2.05) is 18.2 Å². The van der Waals surface area contributed by atoms with Gasteiger partial charge in [0, 0.05) is 30.9 Å². The first-order valence-electron chi connectivity index (χ1n) is 8.89. The second kappa shape index (κ2) is 7.95. The first-order chi connectivity index (χ1) is 12.6. The van der Waals surface area contributed by atoms with Gasteiger partial charge in [-0.1, -0.05) is 43.3 Å². The Kier molecular flexibility index (Phi) is 5.46. The Morgan fingerprint density at radius 1 is 1.04 bits per heavy atom. The van der Waals surface area contributed by atoms with Crippen molar-refractivity contribution in [3.8, 4) is 0 Å². The minimum absolute atomic E-state index is 0.208. The number of carbonyl (C=O) groups is 3. The highest BCUT2D eigenvalue weighted by atomic mass is 16.2. The summed E-state index contributed by atoms with van der Waals surface area (Å²) in [6.07, 6.45) is 1.37. The molecule has 2 aromatic rings. The van der Waals surface area contributed by atoms with Crippen LogP contribution in [0.2, 0.25) is 0 Å². The summed E-state index contributed by atoms with van der Waals surface area (Å²) in [4.78, 5) is 37.5. The zero-order valence-electron chi connectivity index (χ0n) is 14.8. The minimum Gasteiger partial charge on any atom is -0.351 e. The molecule has 1 fully saturated rings. The van der Waals surface area contributed by atoms with Gasteiger partial charge in [-0.15, -0.1) is 0 Å². The van der Waals surface area contributed by atoms with Gasteiger partial charge in [-0.25, -0.2) is 0 Å². The number of imide groups is 1. The number of nitrogens with one attached hydrogen (secondary N) is 1. The fourth-order valence-electron chi connectivity index (χ4n) is 3.19. The molecule has 1 aliphatic heterocycles. The summed E-state index contributed by atoms with van der Waals surface area (Å²) in [6.45, 7) is 2.63. The minimum atomic E-state index is -0.220. The van der Waals surface area contributed by atoms with Crippen LogP contribution in [-0.4, -0.2) is 24.3 Å². The molecule has 2 aromatic carbocycles. The largest absolute Gasteiger partial charge is 0.351 e. The monoisotopic (exact) mass is 350 g/mol. The van der Waals surface area contributed by atoms with E-state index in [1.165, 1.54) is 5.56 Å². The van der Waals surface area contributed by atoms with E-state index in [0.29, 0.717) is 17.8 Å². The van der Waals surface area contributed by atoms with E-state index < -0.39 is 0 Å². The van der Waals surface area contributed by atoms with Crippen LogP contribution in [0.5, 0.6) is 0 Å². The Bertz CT molecular complexity index is 801. The molecule has 1 saturated heterocycles. The quantitative estimate of drug-likeness (QED) is 0.813. The van der Waals surface area contributed by atoms with Crippen molar-refractivity contribution >= 4 is 23.4 Å². The highest BCUT2D eigenvalue weighted by Gasteiger charge is 2.30. The number of anilines is 1. The van der Waals surface area contributed by atoms with Crippen molar-refractivity contribution < 1.29 is 14.4 Å². The Morgan fingerprint density at radius 2 is 1.73 bits per heavy atom. The summed E-state index contributed by atoms with van der Waals surface area (Å²) in [5.41, 5.74) is 2.09. The topological polar surface area (TPSA) is 66.5 Å².